The molecule has 0 aromatic heterocycles. The van der Waals surface area contributed by atoms with Crippen molar-refractivity contribution in [2.75, 3.05) is 6.54 Å². The normalized spacial score (nSPS) is 16.9. The van der Waals surface area contributed by atoms with Crippen LogP contribution in [0.4, 0.5) is 0 Å². The summed E-state index contributed by atoms with van der Waals surface area (Å²) >= 11 is 0. The van der Waals surface area contributed by atoms with Gasteiger partial charge in [0.15, 0.2) is 0 Å². The van der Waals surface area contributed by atoms with E-state index in [0.717, 1.165) is 12.8 Å². The van der Waals surface area contributed by atoms with Crippen LogP contribution in [0.1, 0.15) is 12.8 Å². The first-order valence-electron chi connectivity index (χ1n) is 3.77. The van der Waals surface area contributed by atoms with Crippen LogP contribution in [0.3, 0.4) is 0 Å². The molecule has 0 unspecified atom stereocenters. The van der Waals surface area contributed by atoms with Crippen LogP contribution in [-0.2, 0) is 19.6 Å². The summed E-state index contributed by atoms with van der Waals surface area (Å²) in [5.41, 5.74) is 4.54. The Morgan fingerprint density at radius 2 is 1.92 bits per heavy atom. The Morgan fingerprint density at radius 3 is 2.31 bits per heavy atom. The summed E-state index contributed by atoms with van der Waals surface area (Å²) in [5, 5.41) is -1.58. The third-order valence-corrected chi connectivity index (χ3v) is 2.94. The second kappa shape index (κ2) is 3.43. The van der Waals surface area contributed by atoms with E-state index in [1.54, 1.807) is 0 Å². The van der Waals surface area contributed by atoms with Gasteiger partial charge in [-0.25, -0.2) is 13.1 Å². The Bertz CT molecular complexity index is 331. The summed E-state index contributed by atoms with van der Waals surface area (Å²) in [7, 11) is -4.18. The summed E-state index contributed by atoms with van der Waals surface area (Å²) in [4.78, 5) is 20.9. The van der Waals surface area contributed by atoms with E-state index < -0.39 is 21.0 Å². The molecule has 0 heterocycles. The first-order chi connectivity index (χ1) is 5.93. The fourth-order valence-electron chi connectivity index (χ4n) is 0.748. The van der Waals surface area contributed by atoms with Crippen LogP contribution in [0.5, 0.6) is 0 Å². The molecule has 1 fully saturated rings. The molecule has 0 radical (unpaired) electrons. The third-order valence-electron chi connectivity index (χ3n) is 1.70. The molecule has 1 aliphatic rings. The number of amides is 1. The van der Waals surface area contributed by atoms with Gasteiger partial charge >= 0.3 is 11.0 Å². The zero-order valence-electron chi connectivity index (χ0n) is 6.82. The van der Waals surface area contributed by atoms with Crippen LogP contribution in [0, 0.1) is 5.92 Å². The maximum Gasteiger partial charge on any atom is 0.348 e. The molecule has 3 N–H and O–H groups in total. The van der Waals surface area contributed by atoms with Crippen LogP contribution in [-0.4, -0.2) is 26.0 Å². The monoisotopic (exact) mass is 206 g/mol. The molecule has 0 spiro atoms. The van der Waals surface area contributed by atoms with Gasteiger partial charge in [-0.1, -0.05) is 0 Å². The average molecular weight is 206 g/mol. The number of sulfonamides is 1. The van der Waals surface area contributed by atoms with Crippen LogP contribution < -0.4 is 10.5 Å². The lowest BCUT2D eigenvalue weighted by Crippen LogP contribution is -2.39. The van der Waals surface area contributed by atoms with Crippen molar-refractivity contribution >= 4 is 21.0 Å². The number of nitrogens with one attached hydrogen (secondary N) is 1. The molecule has 1 amide bonds. The first kappa shape index (κ1) is 10.1. The molecule has 0 aromatic carbocycles. The zero-order valence-corrected chi connectivity index (χ0v) is 7.63. The molecule has 0 aromatic rings. The molecule has 0 saturated heterocycles. The highest BCUT2D eigenvalue weighted by Crippen LogP contribution is 2.27. The minimum atomic E-state index is -4.18. The number of nitrogens with two attached hydrogens (primary N) is 1. The molecule has 13 heavy (non-hydrogen) atoms. The van der Waals surface area contributed by atoms with Gasteiger partial charge in [0, 0.05) is 6.54 Å². The van der Waals surface area contributed by atoms with Gasteiger partial charge in [-0.05, 0) is 18.8 Å². The van der Waals surface area contributed by atoms with Crippen molar-refractivity contribution in [3.05, 3.63) is 0 Å². The molecule has 0 bridgehead atoms. The van der Waals surface area contributed by atoms with E-state index in [1.807, 2.05) is 4.72 Å². The van der Waals surface area contributed by atoms with E-state index in [2.05, 4.69) is 5.73 Å². The maximum absolute atomic E-state index is 10.9. The molecule has 1 aliphatic carbocycles. The molecular weight excluding hydrogens is 196 g/mol. The number of hydrogen-bond acceptors (Lipinski definition) is 4. The quantitative estimate of drug-likeness (QED) is 0.538. The molecule has 0 aliphatic heterocycles. The lowest BCUT2D eigenvalue weighted by Gasteiger charge is -2.01. The fraction of sp³-hybridized carbons (Fsp3) is 0.667. The minimum Gasteiger partial charge on any atom is -0.362 e. The number of hydrogen-bond donors (Lipinski definition) is 2. The topological polar surface area (TPSA) is 106 Å². The largest absolute Gasteiger partial charge is 0.362 e. The van der Waals surface area contributed by atoms with Crippen molar-refractivity contribution in [1.82, 2.24) is 4.72 Å². The first-order valence-corrected chi connectivity index (χ1v) is 5.25. The standard InChI is InChI=1S/C6H10N2O4S/c7-5(9)6(10)13(11,12)8-3-4-1-2-4/h4,8H,1-3H2,(H2,7,9). The van der Waals surface area contributed by atoms with Crippen LogP contribution in [0.15, 0.2) is 0 Å². The van der Waals surface area contributed by atoms with E-state index in [1.165, 1.54) is 0 Å². The molecule has 6 nitrogen and oxygen atoms in total. The number of carbonyl (C=O) groups excluding carboxylic acids is 2. The summed E-state index contributed by atoms with van der Waals surface area (Å²) in [5.74, 6) is -1.15. The molecule has 0 atom stereocenters. The van der Waals surface area contributed by atoms with Crippen molar-refractivity contribution in [2.45, 2.75) is 12.8 Å². The highest BCUT2D eigenvalue weighted by atomic mass is 32.2. The van der Waals surface area contributed by atoms with Crippen molar-refractivity contribution in [3.63, 3.8) is 0 Å². The van der Waals surface area contributed by atoms with Gasteiger partial charge in [0.1, 0.15) is 0 Å². The van der Waals surface area contributed by atoms with Crippen molar-refractivity contribution in [2.24, 2.45) is 11.7 Å². The Kier molecular flexibility index (Phi) is 2.67. The highest BCUT2D eigenvalue weighted by molar-refractivity contribution is 8.06. The zero-order chi connectivity index (χ0) is 10.1. The number of primary amides is 1. The van der Waals surface area contributed by atoms with E-state index in [9.17, 15) is 18.0 Å². The fourth-order valence-corrected chi connectivity index (χ4v) is 1.60. The Hall–Kier alpha value is -0.950. The number of rotatable bonds is 3. The lowest BCUT2D eigenvalue weighted by molar-refractivity contribution is -0.131. The molecule has 1 saturated carbocycles. The molecule has 1 rings (SSSR count). The molecule has 7 heteroatoms. The van der Waals surface area contributed by atoms with E-state index >= 15 is 0 Å². The summed E-state index contributed by atoms with van der Waals surface area (Å²) in [6.07, 6.45) is 1.90. The minimum absolute atomic E-state index is 0.210. The van der Waals surface area contributed by atoms with Gasteiger partial charge in [-0.2, -0.15) is 0 Å². The van der Waals surface area contributed by atoms with Crippen molar-refractivity contribution in [1.29, 1.82) is 0 Å². The van der Waals surface area contributed by atoms with Gasteiger partial charge in [-0.3, -0.25) is 9.59 Å². The Labute approximate surface area is 75.5 Å². The predicted octanol–water partition coefficient (Wildman–Crippen LogP) is -1.67. The van der Waals surface area contributed by atoms with Gasteiger partial charge in [-0.15, -0.1) is 0 Å². The number of carbonyl (C=O) groups is 2. The van der Waals surface area contributed by atoms with Crippen molar-refractivity contribution in [3.8, 4) is 0 Å². The summed E-state index contributed by atoms with van der Waals surface area (Å²) in [6.45, 7) is 0.210. The average Bonchev–Trinajstić information content (AvgIpc) is 2.82. The van der Waals surface area contributed by atoms with Gasteiger partial charge in [0.25, 0.3) is 10.0 Å². The smallest absolute Gasteiger partial charge is 0.348 e. The van der Waals surface area contributed by atoms with Gasteiger partial charge in [0.05, 0.1) is 0 Å². The van der Waals surface area contributed by atoms with Crippen LogP contribution in [0.25, 0.3) is 0 Å². The molecular formula is C6H10N2O4S. The van der Waals surface area contributed by atoms with E-state index in [4.69, 9.17) is 0 Å². The van der Waals surface area contributed by atoms with Crippen LogP contribution in [0.2, 0.25) is 0 Å². The lowest BCUT2D eigenvalue weighted by atomic mass is 10.4. The Balaban J connectivity index is 2.53. The Morgan fingerprint density at radius 1 is 1.38 bits per heavy atom. The van der Waals surface area contributed by atoms with Gasteiger partial charge in [0.2, 0.25) is 0 Å². The van der Waals surface area contributed by atoms with E-state index in [0.29, 0.717) is 5.92 Å². The van der Waals surface area contributed by atoms with Gasteiger partial charge < -0.3 is 5.73 Å². The maximum atomic E-state index is 10.9. The second-order valence-corrected chi connectivity index (χ2v) is 4.61. The third kappa shape index (κ3) is 2.78. The SMILES string of the molecule is NC(=O)C(=O)S(=O)(=O)NCC1CC1. The van der Waals surface area contributed by atoms with E-state index in [-0.39, 0.29) is 6.54 Å². The summed E-state index contributed by atoms with van der Waals surface area (Å²) in [6, 6.07) is 0. The van der Waals surface area contributed by atoms with Crippen LogP contribution >= 0.6 is 0 Å². The summed E-state index contributed by atoms with van der Waals surface area (Å²) < 4.78 is 23.9. The van der Waals surface area contributed by atoms with Crippen molar-refractivity contribution < 1.29 is 18.0 Å². The molecule has 74 valence electrons. The highest BCUT2D eigenvalue weighted by Gasteiger charge is 2.30. The predicted molar refractivity (Wildman–Crippen MR) is 43.8 cm³/mol. The second-order valence-electron chi connectivity index (χ2n) is 2.95.